The van der Waals surface area contributed by atoms with Crippen LogP contribution < -0.4 is 4.57 Å². The fraction of sp³-hybridized carbons (Fsp3) is 0.200. The molecule has 0 radical (unpaired) electrons. The van der Waals surface area contributed by atoms with Crippen LogP contribution in [0.15, 0.2) is 77.3 Å². The van der Waals surface area contributed by atoms with E-state index in [1.54, 1.807) is 0 Å². The van der Waals surface area contributed by atoms with Crippen LogP contribution in [-0.4, -0.2) is 0 Å². The second-order valence-corrected chi connectivity index (χ2v) is 9.20. The van der Waals surface area contributed by atoms with Crippen molar-refractivity contribution in [3.8, 4) is 28.5 Å². The summed E-state index contributed by atoms with van der Waals surface area (Å²) < 4.78 is 8.75. The molecule has 3 nitrogen and oxygen atoms in total. The van der Waals surface area contributed by atoms with Crippen molar-refractivity contribution in [1.82, 2.24) is 0 Å². The molecule has 0 aliphatic rings. The lowest BCUT2D eigenvalue weighted by molar-refractivity contribution is -0.660. The van der Waals surface area contributed by atoms with Gasteiger partial charge in [-0.25, -0.2) is 4.57 Å². The van der Waals surface area contributed by atoms with Crippen molar-refractivity contribution in [3.05, 3.63) is 89.6 Å². The first-order valence-corrected chi connectivity index (χ1v) is 11.4. The van der Waals surface area contributed by atoms with Gasteiger partial charge in [0.05, 0.1) is 17.2 Å². The Kier molecular flexibility index (Phi) is 5.23. The quantitative estimate of drug-likeness (QED) is 0.284. The van der Waals surface area contributed by atoms with Crippen LogP contribution in [-0.2, 0) is 13.5 Å². The second kappa shape index (κ2) is 8.22. The largest absolute Gasteiger partial charge is 0.454 e. The van der Waals surface area contributed by atoms with Crippen LogP contribution in [0.3, 0.4) is 0 Å². The predicted octanol–water partition coefficient (Wildman–Crippen LogP) is 7.12. The van der Waals surface area contributed by atoms with E-state index in [0.717, 1.165) is 56.3 Å². The molecular weight excluding hydrogens is 404 g/mol. The molecule has 33 heavy (non-hydrogen) atoms. The van der Waals surface area contributed by atoms with E-state index < -0.39 is 0 Å². The zero-order valence-corrected chi connectivity index (χ0v) is 19.5. The highest BCUT2D eigenvalue weighted by Gasteiger charge is 2.22. The van der Waals surface area contributed by atoms with Gasteiger partial charge in [-0.05, 0) is 54.2 Å². The number of furan rings is 1. The SMILES string of the molecule is Cc1ccc2c(oc3c(-c4ccc(CC(C)C)cc4)c(C#N)ccc32)c1-c1cccc[n+]1C. The number of pyridine rings is 1. The first-order chi connectivity index (χ1) is 16.0. The first-order valence-electron chi connectivity index (χ1n) is 11.4. The summed E-state index contributed by atoms with van der Waals surface area (Å²) in [5, 5.41) is 12.0. The minimum atomic E-state index is 0.602. The highest BCUT2D eigenvalue weighted by atomic mass is 16.3. The van der Waals surface area contributed by atoms with Gasteiger partial charge in [0, 0.05) is 28.5 Å². The monoisotopic (exact) mass is 431 g/mol. The van der Waals surface area contributed by atoms with Gasteiger partial charge >= 0.3 is 0 Å². The molecule has 162 valence electrons. The van der Waals surface area contributed by atoms with E-state index in [1.165, 1.54) is 5.56 Å². The zero-order chi connectivity index (χ0) is 23.1. The van der Waals surface area contributed by atoms with Crippen molar-refractivity contribution in [2.24, 2.45) is 13.0 Å². The smallest absolute Gasteiger partial charge is 0.216 e. The van der Waals surface area contributed by atoms with Gasteiger partial charge in [0.25, 0.3) is 0 Å². The topological polar surface area (TPSA) is 40.8 Å². The van der Waals surface area contributed by atoms with Crippen molar-refractivity contribution >= 4 is 21.9 Å². The summed E-state index contributed by atoms with van der Waals surface area (Å²) in [6.07, 6.45) is 3.09. The Morgan fingerprint density at radius 2 is 1.58 bits per heavy atom. The molecule has 2 aromatic heterocycles. The lowest BCUT2D eigenvalue weighted by Crippen LogP contribution is -2.30. The number of aryl methyl sites for hydroxylation is 2. The van der Waals surface area contributed by atoms with Gasteiger partial charge < -0.3 is 4.42 Å². The lowest BCUT2D eigenvalue weighted by Gasteiger charge is -2.08. The van der Waals surface area contributed by atoms with E-state index >= 15 is 0 Å². The van der Waals surface area contributed by atoms with Crippen LogP contribution in [0.5, 0.6) is 0 Å². The Labute approximate surface area is 194 Å². The molecule has 5 aromatic rings. The van der Waals surface area contributed by atoms with E-state index in [9.17, 15) is 5.26 Å². The third kappa shape index (κ3) is 3.58. The van der Waals surface area contributed by atoms with E-state index in [-0.39, 0.29) is 0 Å². The number of hydrogen-bond acceptors (Lipinski definition) is 2. The Morgan fingerprint density at radius 1 is 0.879 bits per heavy atom. The van der Waals surface area contributed by atoms with Gasteiger partial charge in [0.15, 0.2) is 6.20 Å². The van der Waals surface area contributed by atoms with Crippen LogP contribution in [0.4, 0.5) is 0 Å². The number of benzene rings is 3. The maximum absolute atomic E-state index is 9.91. The Bertz CT molecular complexity index is 1530. The standard InChI is InChI=1S/C30H27N2O/c1-19(2)17-21-9-11-22(12-10-21)28-23(18-31)13-15-25-24-14-8-20(3)27(29(24)33-30(25)28)26-7-5-6-16-32(26)4/h5-16,19H,17H2,1-4H3/q+1. The van der Waals surface area contributed by atoms with Crippen molar-refractivity contribution in [3.63, 3.8) is 0 Å². The van der Waals surface area contributed by atoms with Gasteiger partial charge in [-0.1, -0.05) is 50.2 Å². The molecule has 0 amide bonds. The first kappa shape index (κ1) is 21.0. The highest BCUT2D eigenvalue weighted by molar-refractivity contribution is 6.13. The molecule has 0 aliphatic carbocycles. The van der Waals surface area contributed by atoms with E-state index in [2.05, 4.69) is 73.9 Å². The van der Waals surface area contributed by atoms with Crippen LogP contribution in [0.1, 0.15) is 30.5 Å². The van der Waals surface area contributed by atoms with Crippen molar-refractivity contribution in [2.75, 3.05) is 0 Å². The van der Waals surface area contributed by atoms with Crippen LogP contribution in [0, 0.1) is 24.2 Å². The van der Waals surface area contributed by atoms with E-state index in [0.29, 0.717) is 11.5 Å². The Morgan fingerprint density at radius 3 is 2.24 bits per heavy atom. The van der Waals surface area contributed by atoms with Gasteiger partial charge in [0.2, 0.25) is 5.69 Å². The van der Waals surface area contributed by atoms with E-state index in [4.69, 9.17) is 4.42 Å². The molecule has 5 rings (SSSR count). The van der Waals surface area contributed by atoms with Crippen molar-refractivity contribution in [2.45, 2.75) is 27.2 Å². The average Bonchev–Trinajstić information content (AvgIpc) is 3.18. The van der Waals surface area contributed by atoms with Crippen LogP contribution in [0.25, 0.3) is 44.3 Å². The number of aromatic nitrogens is 1. The normalized spacial score (nSPS) is 11.4. The van der Waals surface area contributed by atoms with Crippen molar-refractivity contribution in [1.29, 1.82) is 5.26 Å². The number of nitrogens with zero attached hydrogens (tertiary/aromatic N) is 2. The molecule has 0 saturated carbocycles. The molecular formula is C30H27N2O+. The Hall–Kier alpha value is -3.90. The molecule has 0 saturated heterocycles. The zero-order valence-electron chi connectivity index (χ0n) is 19.5. The molecule has 0 atom stereocenters. The van der Waals surface area contributed by atoms with Gasteiger partial charge in [-0.15, -0.1) is 0 Å². The number of nitriles is 1. The predicted molar refractivity (Wildman–Crippen MR) is 134 cm³/mol. The third-order valence-electron chi connectivity index (χ3n) is 6.34. The minimum absolute atomic E-state index is 0.602. The lowest BCUT2D eigenvalue weighted by atomic mass is 9.94. The van der Waals surface area contributed by atoms with Crippen LogP contribution in [0.2, 0.25) is 0 Å². The Balaban J connectivity index is 1.80. The maximum Gasteiger partial charge on any atom is 0.216 e. The summed E-state index contributed by atoms with van der Waals surface area (Å²) in [5.74, 6) is 0.602. The molecule has 3 aromatic carbocycles. The highest BCUT2D eigenvalue weighted by Crippen LogP contribution is 2.41. The summed E-state index contributed by atoms with van der Waals surface area (Å²) in [5.41, 5.74) is 8.77. The molecule has 2 heterocycles. The molecule has 0 bridgehead atoms. The van der Waals surface area contributed by atoms with Crippen LogP contribution >= 0.6 is 0 Å². The third-order valence-corrected chi connectivity index (χ3v) is 6.34. The number of rotatable bonds is 4. The molecule has 0 fully saturated rings. The average molecular weight is 432 g/mol. The van der Waals surface area contributed by atoms with E-state index in [1.807, 2.05) is 37.5 Å². The molecule has 0 spiro atoms. The number of hydrogen-bond donors (Lipinski definition) is 0. The van der Waals surface area contributed by atoms with Gasteiger partial charge in [-0.2, -0.15) is 5.26 Å². The summed E-state index contributed by atoms with van der Waals surface area (Å²) in [7, 11) is 2.05. The fourth-order valence-corrected chi connectivity index (χ4v) is 4.76. The molecule has 0 aliphatic heterocycles. The molecule has 0 unspecified atom stereocenters. The maximum atomic E-state index is 9.91. The van der Waals surface area contributed by atoms with Gasteiger partial charge in [0.1, 0.15) is 18.2 Å². The van der Waals surface area contributed by atoms with Crippen molar-refractivity contribution < 1.29 is 8.98 Å². The molecule has 0 N–H and O–H groups in total. The fourth-order valence-electron chi connectivity index (χ4n) is 4.76. The molecule has 3 heteroatoms. The minimum Gasteiger partial charge on any atom is -0.454 e. The summed E-state index contributed by atoms with van der Waals surface area (Å²) >= 11 is 0. The van der Waals surface area contributed by atoms with Gasteiger partial charge in [-0.3, -0.25) is 0 Å². The summed E-state index contributed by atoms with van der Waals surface area (Å²) in [6.45, 7) is 6.57. The summed E-state index contributed by atoms with van der Waals surface area (Å²) in [4.78, 5) is 0. The second-order valence-electron chi connectivity index (χ2n) is 9.20. The summed E-state index contributed by atoms with van der Waals surface area (Å²) in [6, 6.07) is 25.3. The number of fused-ring (bicyclic) bond motifs is 3.